The highest BCUT2D eigenvalue weighted by molar-refractivity contribution is 5.86. The molecule has 10 nitrogen and oxygen atoms in total. The Hall–Kier alpha value is -2.52. The van der Waals surface area contributed by atoms with E-state index in [2.05, 4.69) is 5.32 Å². The summed E-state index contributed by atoms with van der Waals surface area (Å²) in [5, 5.41) is 2.51. The van der Waals surface area contributed by atoms with Gasteiger partial charge < -0.3 is 30.3 Å². The fourth-order valence-corrected chi connectivity index (χ4v) is 2.54. The lowest BCUT2D eigenvalue weighted by molar-refractivity contribution is -0.135. The van der Waals surface area contributed by atoms with Crippen molar-refractivity contribution in [2.45, 2.75) is 52.2 Å². The Labute approximate surface area is 159 Å². The zero-order valence-corrected chi connectivity index (χ0v) is 16.4. The van der Waals surface area contributed by atoms with Crippen LogP contribution in [0.15, 0.2) is 0 Å². The number of hydrogen-bond acceptors (Lipinski definition) is 6. The third kappa shape index (κ3) is 8.14. The zero-order chi connectivity index (χ0) is 20.6. The molecule has 0 spiro atoms. The SMILES string of the molecule is CCOC(=O)N1CCN(C(=O)[C@H](CCC(N)=O)NC(=O)OC(C)(C)C)CC1. The highest BCUT2D eigenvalue weighted by Crippen LogP contribution is 2.11. The molecule has 1 saturated heterocycles. The fourth-order valence-electron chi connectivity index (χ4n) is 2.54. The van der Waals surface area contributed by atoms with Crippen molar-refractivity contribution in [2.75, 3.05) is 32.8 Å². The number of primary amides is 1. The summed E-state index contributed by atoms with van der Waals surface area (Å²) in [6, 6.07) is -0.929. The molecular weight excluding hydrogens is 356 g/mol. The molecule has 27 heavy (non-hydrogen) atoms. The van der Waals surface area contributed by atoms with Crippen LogP contribution < -0.4 is 11.1 Å². The highest BCUT2D eigenvalue weighted by atomic mass is 16.6. The molecule has 154 valence electrons. The Morgan fingerprint density at radius 3 is 2.11 bits per heavy atom. The third-order valence-electron chi connectivity index (χ3n) is 3.79. The number of carbonyl (C=O) groups excluding carboxylic acids is 4. The quantitative estimate of drug-likeness (QED) is 0.681. The maximum Gasteiger partial charge on any atom is 0.409 e. The third-order valence-corrected chi connectivity index (χ3v) is 3.79. The minimum Gasteiger partial charge on any atom is -0.450 e. The van der Waals surface area contributed by atoms with Gasteiger partial charge in [-0.3, -0.25) is 9.59 Å². The number of nitrogens with zero attached hydrogens (tertiary/aromatic N) is 2. The normalized spacial score (nSPS) is 15.7. The average molecular weight is 386 g/mol. The van der Waals surface area contributed by atoms with Gasteiger partial charge in [0, 0.05) is 32.6 Å². The molecule has 1 fully saturated rings. The van der Waals surface area contributed by atoms with Gasteiger partial charge in [-0.05, 0) is 34.1 Å². The molecule has 10 heteroatoms. The van der Waals surface area contributed by atoms with Crippen LogP contribution in [0.5, 0.6) is 0 Å². The monoisotopic (exact) mass is 386 g/mol. The number of nitrogens with one attached hydrogen (secondary N) is 1. The van der Waals surface area contributed by atoms with Crippen molar-refractivity contribution in [2.24, 2.45) is 5.73 Å². The van der Waals surface area contributed by atoms with Crippen LogP contribution in [0, 0.1) is 0 Å². The molecule has 0 aromatic rings. The average Bonchev–Trinajstić information content (AvgIpc) is 2.56. The van der Waals surface area contributed by atoms with Crippen LogP contribution in [-0.4, -0.2) is 78.2 Å². The number of nitrogens with two attached hydrogens (primary N) is 1. The minimum absolute atomic E-state index is 0.0466. The predicted octanol–water partition coefficient (Wildman–Crippen LogP) is 0.446. The number of amides is 4. The van der Waals surface area contributed by atoms with Crippen LogP contribution in [-0.2, 0) is 19.1 Å². The lowest BCUT2D eigenvalue weighted by Crippen LogP contribution is -2.56. The van der Waals surface area contributed by atoms with Gasteiger partial charge in [0.25, 0.3) is 0 Å². The second-order valence-electron chi connectivity index (χ2n) is 7.22. The number of alkyl carbamates (subject to hydrolysis) is 1. The number of carbonyl (C=O) groups is 4. The van der Waals surface area contributed by atoms with E-state index in [4.69, 9.17) is 15.2 Å². The molecule has 1 heterocycles. The topological polar surface area (TPSA) is 131 Å². The Morgan fingerprint density at radius 1 is 1.07 bits per heavy atom. The second-order valence-corrected chi connectivity index (χ2v) is 7.22. The van der Waals surface area contributed by atoms with E-state index in [1.54, 1.807) is 32.6 Å². The van der Waals surface area contributed by atoms with Crippen molar-refractivity contribution < 1.29 is 28.7 Å². The Bertz CT molecular complexity index is 552. The van der Waals surface area contributed by atoms with Gasteiger partial charge in [-0.15, -0.1) is 0 Å². The maximum atomic E-state index is 12.8. The highest BCUT2D eigenvalue weighted by Gasteiger charge is 2.31. The number of ether oxygens (including phenoxy) is 2. The first-order valence-electron chi connectivity index (χ1n) is 9.01. The Balaban J connectivity index is 2.69. The van der Waals surface area contributed by atoms with E-state index in [0.29, 0.717) is 26.2 Å². The number of hydrogen-bond donors (Lipinski definition) is 2. The molecule has 1 atom stereocenters. The molecule has 0 unspecified atom stereocenters. The molecule has 0 aromatic carbocycles. The molecule has 4 amide bonds. The summed E-state index contributed by atoms with van der Waals surface area (Å²) >= 11 is 0. The zero-order valence-electron chi connectivity index (χ0n) is 16.4. The van der Waals surface area contributed by atoms with Crippen LogP contribution in [0.2, 0.25) is 0 Å². The van der Waals surface area contributed by atoms with E-state index < -0.39 is 29.7 Å². The summed E-state index contributed by atoms with van der Waals surface area (Å²) in [5.74, 6) is -0.906. The number of rotatable bonds is 6. The molecule has 1 rings (SSSR count). The van der Waals surface area contributed by atoms with Gasteiger partial charge in [-0.25, -0.2) is 9.59 Å². The van der Waals surface area contributed by atoms with Gasteiger partial charge >= 0.3 is 12.2 Å². The van der Waals surface area contributed by atoms with Crippen LogP contribution >= 0.6 is 0 Å². The smallest absolute Gasteiger partial charge is 0.409 e. The molecule has 0 aliphatic carbocycles. The lowest BCUT2D eigenvalue weighted by atomic mass is 10.1. The molecule has 1 aliphatic rings. The van der Waals surface area contributed by atoms with Crippen molar-refractivity contribution in [1.82, 2.24) is 15.1 Å². The van der Waals surface area contributed by atoms with Crippen molar-refractivity contribution >= 4 is 24.0 Å². The van der Waals surface area contributed by atoms with E-state index in [1.165, 1.54) is 4.90 Å². The van der Waals surface area contributed by atoms with Gasteiger partial charge in [0.2, 0.25) is 11.8 Å². The van der Waals surface area contributed by atoms with E-state index in [9.17, 15) is 19.2 Å². The minimum atomic E-state index is -0.929. The molecule has 0 saturated carbocycles. The fraction of sp³-hybridized carbons (Fsp3) is 0.765. The molecular formula is C17H30N4O6. The first kappa shape index (κ1) is 22.5. The number of piperazine rings is 1. The largest absolute Gasteiger partial charge is 0.450 e. The van der Waals surface area contributed by atoms with Crippen molar-refractivity contribution in [3.8, 4) is 0 Å². The summed E-state index contributed by atoms with van der Waals surface area (Å²) in [7, 11) is 0. The second kappa shape index (κ2) is 9.98. The Kier molecular flexibility index (Phi) is 8.32. The van der Waals surface area contributed by atoms with Gasteiger partial charge in [-0.1, -0.05) is 0 Å². The summed E-state index contributed by atoms with van der Waals surface area (Å²) in [4.78, 5) is 50.7. The molecule has 0 bridgehead atoms. The van der Waals surface area contributed by atoms with Crippen LogP contribution in [0.1, 0.15) is 40.5 Å². The van der Waals surface area contributed by atoms with Crippen molar-refractivity contribution in [1.29, 1.82) is 0 Å². The molecule has 3 N–H and O–H groups in total. The molecule has 0 aromatic heterocycles. The lowest BCUT2D eigenvalue weighted by Gasteiger charge is -2.36. The standard InChI is InChI=1S/C17H30N4O6/c1-5-26-16(25)21-10-8-20(9-11-21)14(23)12(6-7-13(18)22)19-15(24)27-17(2,3)4/h12H,5-11H2,1-4H3,(H2,18,22)(H,19,24)/t12-/m0/s1. The van der Waals surface area contributed by atoms with Crippen molar-refractivity contribution in [3.05, 3.63) is 0 Å². The van der Waals surface area contributed by atoms with Crippen LogP contribution in [0.3, 0.4) is 0 Å². The summed E-state index contributed by atoms with van der Waals surface area (Å²) in [6.07, 6.45) is -1.13. The maximum absolute atomic E-state index is 12.8. The van der Waals surface area contributed by atoms with Gasteiger partial charge in [-0.2, -0.15) is 0 Å². The van der Waals surface area contributed by atoms with Gasteiger partial charge in [0.15, 0.2) is 0 Å². The summed E-state index contributed by atoms with van der Waals surface area (Å²) in [5.41, 5.74) is 4.45. The van der Waals surface area contributed by atoms with Gasteiger partial charge in [0.05, 0.1) is 6.61 Å². The van der Waals surface area contributed by atoms with Crippen LogP contribution in [0.25, 0.3) is 0 Å². The first-order chi connectivity index (χ1) is 12.5. The summed E-state index contributed by atoms with van der Waals surface area (Å²) < 4.78 is 10.1. The van der Waals surface area contributed by atoms with Crippen LogP contribution in [0.4, 0.5) is 9.59 Å². The molecule has 1 aliphatic heterocycles. The molecule has 0 radical (unpaired) electrons. The van der Waals surface area contributed by atoms with E-state index in [1.807, 2.05) is 0 Å². The van der Waals surface area contributed by atoms with E-state index >= 15 is 0 Å². The Morgan fingerprint density at radius 2 is 1.63 bits per heavy atom. The van der Waals surface area contributed by atoms with E-state index in [0.717, 1.165) is 0 Å². The first-order valence-corrected chi connectivity index (χ1v) is 9.01. The van der Waals surface area contributed by atoms with Crippen molar-refractivity contribution in [3.63, 3.8) is 0 Å². The van der Waals surface area contributed by atoms with Gasteiger partial charge in [0.1, 0.15) is 11.6 Å². The predicted molar refractivity (Wildman–Crippen MR) is 96.8 cm³/mol. The summed E-state index contributed by atoms with van der Waals surface area (Å²) in [6.45, 7) is 8.42. The van der Waals surface area contributed by atoms with E-state index in [-0.39, 0.29) is 25.4 Å².